The molecule has 1 aromatic carbocycles. The zero-order valence-electron chi connectivity index (χ0n) is 10.7. The maximum Gasteiger partial charge on any atom is 0.410 e. The first kappa shape index (κ1) is 14.2. The SMILES string of the molecule is N[S+]([O-])C1CCN(C(=O)OCc2ccccc2)CC1. The minimum absolute atomic E-state index is 0.00169. The van der Waals surface area contributed by atoms with Crippen molar-refractivity contribution < 1.29 is 14.1 Å². The van der Waals surface area contributed by atoms with Gasteiger partial charge in [-0.05, 0) is 5.56 Å². The van der Waals surface area contributed by atoms with Crippen LogP contribution in [-0.4, -0.2) is 33.9 Å². The molecule has 1 atom stereocenters. The number of carbonyl (C=O) groups is 1. The average Bonchev–Trinajstić information content (AvgIpc) is 2.46. The van der Waals surface area contributed by atoms with Gasteiger partial charge in [0, 0.05) is 37.3 Å². The van der Waals surface area contributed by atoms with E-state index in [1.54, 1.807) is 4.90 Å². The number of ether oxygens (including phenoxy) is 1. The van der Waals surface area contributed by atoms with Gasteiger partial charge in [-0.15, -0.1) is 0 Å². The van der Waals surface area contributed by atoms with Crippen molar-refractivity contribution in [3.8, 4) is 0 Å². The molecule has 1 aliphatic rings. The molecule has 0 spiro atoms. The molecule has 1 heterocycles. The van der Waals surface area contributed by atoms with Gasteiger partial charge in [-0.2, -0.15) is 5.14 Å². The van der Waals surface area contributed by atoms with E-state index in [1.165, 1.54) is 0 Å². The van der Waals surface area contributed by atoms with Crippen LogP contribution >= 0.6 is 0 Å². The van der Waals surface area contributed by atoms with Gasteiger partial charge in [0.25, 0.3) is 0 Å². The van der Waals surface area contributed by atoms with Crippen LogP contribution in [0, 0.1) is 0 Å². The fraction of sp³-hybridized carbons (Fsp3) is 0.462. The van der Waals surface area contributed by atoms with E-state index in [0.717, 1.165) is 5.56 Å². The van der Waals surface area contributed by atoms with Crippen LogP contribution in [0.1, 0.15) is 18.4 Å². The van der Waals surface area contributed by atoms with Crippen molar-refractivity contribution in [2.45, 2.75) is 24.7 Å². The molecule has 0 aliphatic carbocycles. The third-order valence-corrected chi connectivity index (χ3v) is 4.36. The number of likely N-dealkylation sites (tertiary alicyclic amines) is 1. The fourth-order valence-corrected chi connectivity index (χ4v) is 2.76. The van der Waals surface area contributed by atoms with Gasteiger partial charge in [0.05, 0.1) is 0 Å². The Balaban J connectivity index is 1.76. The Morgan fingerprint density at radius 2 is 2.00 bits per heavy atom. The highest BCUT2D eigenvalue weighted by atomic mass is 32.2. The molecule has 19 heavy (non-hydrogen) atoms. The number of amides is 1. The number of nitrogens with zero attached hydrogens (tertiary/aromatic N) is 1. The van der Waals surface area contributed by atoms with Crippen LogP contribution in [0.15, 0.2) is 30.3 Å². The number of carbonyl (C=O) groups excluding carboxylic acids is 1. The molecule has 1 saturated heterocycles. The Kier molecular flexibility index (Phi) is 5.07. The van der Waals surface area contributed by atoms with Gasteiger partial charge in [-0.3, -0.25) is 0 Å². The Morgan fingerprint density at radius 1 is 1.37 bits per heavy atom. The lowest BCUT2D eigenvalue weighted by atomic mass is 10.1. The minimum Gasteiger partial charge on any atom is -0.598 e. The maximum atomic E-state index is 11.8. The van der Waals surface area contributed by atoms with Crippen molar-refractivity contribution in [1.29, 1.82) is 0 Å². The second-order valence-electron chi connectivity index (χ2n) is 4.56. The molecule has 2 rings (SSSR count). The molecule has 2 N–H and O–H groups in total. The highest BCUT2D eigenvalue weighted by Gasteiger charge is 2.29. The van der Waals surface area contributed by atoms with Crippen molar-refractivity contribution in [3.05, 3.63) is 35.9 Å². The number of nitrogens with two attached hydrogens (primary N) is 1. The zero-order valence-corrected chi connectivity index (χ0v) is 11.5. The van der Waals surface area contributed by atoms with Gasteiger partial charge < -0.3 is 14.2 Å². The lowest BCUT2D eigenvalue weighted by molar-refractivity contribution is 0.0897. The van der Waals surface area contributed by atoms with E-state index in [1.807, 2.05) is 30.3 Å². The summed E-state index contributed by atoms with van der Waals surface area (Å²) in [4.78, 5) is 13.5. The van der Waals surface area contributed by atoms with E-state index in [2.05, 4.69) is 0 Å². The van der Waals surface area contributed by atoms with Gasteiger partial charge in [0.1, 0.15) is 11.9 Å². The first-order chi connectivity index (χ1) is 9.16. The predicted molar refractivity (Wildman–Crippen MR) is 73.6 cm³/mol. The minimum atomic E-state index is -1.29. The van der Waals surface area contributed by atoms with Crippen LogP contribution < -0.4 is 5.14 Å². The van der Waals surface area contributed by atoms with E-state index in [9.17, 15) is 9.35 Å². The van der Waals surface area contributed by atoms with Crippen LogP contribution in [0.4, 0.5) is 4.79 Å². The van der Waals surface area contributed by atoms with E-state index in [0.29, 0.717) is 25.9 Å². The first-order valence-electron chi connectivity index (χ1n) is 6.27. The Morgan fingerprint density at radius 3 is 2.58 bits per heavy atom. The quantitative estimate of drug-likeness (QED) is 0.850. The van der Waals surface area contributed by atoms with E-state index < -0.39 is 11.4 Å². The van der Waals surface area contributed by atoms with Crippen LogP contribution in [0.25, 0.3) is 0 Å². The van der Waals surface area contributed by atoms with Crippen molar-refractivity contribution in [1.82, 2.24) is 4.90 Å². The monoisotopic (exact) mass is 282 g/mol. The third kappa shape index (κ3) is 4.12. The third-order valence-electron chi connectivity index (χ3n) is 3.23. The van der Waals surface area contributed by atoms with Crippen LogP contribution in [0.2, 0.25) is 0 Å². The van der Waals surface area contributed by atoms with Crippen LogP contribution in [0.3, 0.4) is 0 Å². The van der Waals surface area contributed by atoms with Crippen molar-refractivity contribution in [2.75, 3.05) is 13.1 Å². The number of hydrogen-bond donors (Lipinski definition) is 1. The second-order valence-corrected chi connectivity index (χ2v) is 5.88. The fourth-order valence-electron chi connectivity index (χ4n) is 2.08. The number of benzene rings is 1. The van der Waals surface area contributed by atoms with Gasteiger partial charge in [-0.1, -0.05) is 30.3 Å². The van der Waals surface area contributed by atoms with Crippen LogP contribution in [-0.2, 0) is 22.7 Å². The molecule has 0 saturated carbocycles. The molecule has 6 heteroatoms. The van der Waals surface area contributed by atoms with Crippen molar-refractivity contribution in [3.63, 3.8) is 0 Å². The molecule has 5 nitrogen and oxygen atoms in total. The smallest absolute Gasteiger partial charge is 0.410 e. The van der Waals surface area contributed by atoms with E-state index in [-0.39, 0.29) is 18.0 Å². The largest absolute Gasteiger partial charge is 0.598 e. The molecular weight excluding hydrogens is 264 g/mol. The molecule has 1 aliphatic heterocycles. The number of hydrogen-bond acceptors (Lipinski definition) is 4. The number of piperidine rings is 1. The highest BCUT2D eigenvalue weighted by Crippen LogP contribution is 2.16. The Labute approximate surface area is 116 Å². The zero-order chi connectivity index (χ0) is 13.7. The van der Waals surface area contributed by atoms with E-state index in [4.69, 9.17) is 9.88 Å². The van der Waals surface area contributed by atoms with Gasteiger partial charge in [0.2, 0.25) is 0 Å². The van der Waals surface area contributed by atoms with Crippen molar-refractivity contribution in [2.24, 2.45) is 5.14 Å². The molecule has 1 amide bonds. The highest BCUT2D eigenvalue weighted by molar-refractivity contribution is 7.89. The first-order valence-corrected chi connectivity index (χ1v) is 7.55. The predicted octanol–water partition coefficient (Wildman–Crippen LogP) is 1.41. The van der Waals surface area contributed by atoms with Crippen molar-refractivity contribution >= 4 is 17.5 Å². The number of rotatable bonds is 3. The lowest BCUT2D eigenvalue weighted by Gasteiger charge is -2.30. The second kappa shape index (κ2) is 6.79. The van der Waals surface area contributed by atoms with Gasteiger partial charge in [0.15, 0.2) is 0 Å². The molecule has 1 unspecified atom stereocenters. The summed E-state index contributed by atoms with van der Waals surface area (Å²) in [6, 6.07) is 9.56. The Hall–Kier alpha value is -1.24. The summed E-state index contributed by atoms with van der Waals surface area (Å²) in [6.07, 6.45) is 1.03. The summed E-state index contributed by atoms with van der Waals surface area (Å²) < 4.78 is 16.4. The molecule has 0 aromatic heterocycles. The summed E-state index contributed by atoms with van der Waals surface area (Å²) in [7, 11) is 0. The van der Waals surface area contributed by atoms with Gasteiger partial charge >= 0.3 is 6.09 Å². The Bertz CT molecular complexity index is 406. The molecular formula is C13H18N2O3S. The summed E-state index contributed by atoms with van der Waals surface area (Å²) in [6.45, 7) is 1.39. The summed E-state index contributed by atoms with van der Waals surface area (Å²) in [5.41, 5.74) is 0.966. The van der Waals surface area contributed by atoms with Crippen LogP contribution in [0.5, 0.6) is 0 Å². The average molecular weight is 282 g/mol. The summed E-state index contributed by atoms with van der Waals surface area (Å²) in [5.74, 6) is 0. The molecule has 1 aromatic rings. The molecule has 1 fully saturated rings. The lowest BCUT2D eigenvalue weighted by Crippen LogP contribution is -2.44. The molecule has 104 valence electrons. The summed E-state index contributed by atoms with van der Waals surface area (Å²) in [5, 5.41) is 5.36. The maximum absolute atomic E-state index is 11.8. The molecule has 0 radical (unpaired) electrons. The standard InChI is InChI=1S/C13H18N2O3S/c14-19(17)12-6-8-15(9-7-12)13(16)18-10-11-4-2-1-3-5-11/h1-5,12H,6-10,14H2. The summed E-state index contributed by atoms with van der Waals surface area (Å²) >= 11 is -1.29. The molecule has 0 bridgehead atoms. The van der Waals surface area contributed by atoms with E-state index >= 15 is 0 Å². The normalized spacial score (nSPS) is 18.1. The van der Waals surface area contributed by atoms with Gasteiger partial charge in [-0.25, -0.2) is 4.79 Å². The topological polar surface area (TPSA) is 78.6 Å².